The van der Waals surface area contributed by atoms with E-state index in [2.05, 4.69) is 22.5 Å². The number of benzene rings is 2. The van der Waals surface area contributed by atoms with Gasteiger partial charge in [0.2, 0.25) is 0 Å². The molecular formula is C22H22FN3O2. The minimum absolute atomic E-state index is 0.205. The summed E-state index contributed by atoms with van der Waals surface area (Å²) in [4.78, 5) is 12.4. The van der Waals surface area contributed by atoms with Gasteiger partial charge in [-0.2, -0.15) is 5.10 Å². The van der Waals surface area contributed by atoms with Crippen LogP contribution in [0.3, 0.4) is 0 Å². The second kappa shape index (κ2) is 7.84. The first-order valence-electron chi connectivity index (χ1n) is 9.45. The Bertz CT molecular complexity index is 996. The van der Waals surface area contributed by atoms with E-state index in [9.17, 15) is 9.18 Å². The SMILES string of the molecule is Cc1nn(-c2ccc(F)cc2)cc1C(=O)NCCOc1ccc2c(c1)CCC2. The van der Waals surface area contributed by atoms with Crippen molar-refractivity contribution in [2.45, 2.75) is 26.2 Å². The van der Waals surface area contributed by atoms with Gasteiger partial charge in [-0.1, -0.05) is 6.07 Å². The number of nitrogens with zero attached hydrogens (tertiary/aromatic N) is 2. The Kier molecular flexibility index (Phi) is 5.10. The number of halogens is 1. The number of aromatic nitrogens is 2. The van der Waals surface area contributed by atoms with Crippen LogP contribution in [0.2, 0.25) is 0 Å². The molecule has 1 N–H and O–H groups in total. The van der Waals surface area contributed by atoms with Crippen molar-refractivity contribution >= 4 is 5.91 Å². The predicted octanol–water partition coefficient (Wildman–Crippen LogP) is 3.62. The largest absolute Gasteiger partial charge is 0.492 e. The van der Waals surface area contributed by atoms with Gasteiger partial charge in [-0.3, -0.25) is 4.79 Å². The smallest absolute Gasteiger partial charge is 0.254 e. The molecular weight excluding hydrogens is 357 g/mol. The standard InChI is InChI=1S/C22H22FN3O2/c1-15-21(14-26(25-15)19-8-6-18(23)7-9-19)22(27)24-11-12-28-20-10-5-16-3-2-4-17(16)13-20/h5-10,13-14H,2-4,11-12H2,1H3,(H,24,27). The molecule has 1 amide bonds. The van der Waals surface area contributed by atoms with Gasteiger partial charge in [-0.05, 0) is 73.7 Å². The van der Waals surface area contributed by atoms with E-state index in [1.54, 1.807) is 29.9 Å². The van der Waals surface area contributed by atoms with Crippen molar-refractivity contribution in [1.82, 2.24) is 15.1 Å². The summed E-state index contributed by atoms with van der Waals surface area (Å²) in [5.74, 6) is 0.326. The van der Waals surface area contributed by atoms with Crippen LogP contribution in [-0.2, 0) is 12.8 Å². The molecule has 4 rings (SSSR count). The number of carbonyl (C=O) groups excluding carboxylic acids is 1. The summed E-state index contributed by atoms with van der Waals surface area (Å²) in [6.45, 7) is 2.57. The highest BCUT2D eigenvalue weighted by atomic mass is 19.1. The van der Waals surface area contributed by atoms with Gasteiger partial charge in [-0.25, -0.2) is 9.07 Å². The van der Waals surface area contributed by atoms with Crippen molar-refractivity contribution in [2.75, 3.05) is 13.2 Å². The lowest BCUT2D eigenvalue weighted by Crippen LogP contribution is -2.28. The van der Waals surface area contributed by atoms with Gasteiger partial charge in [0.05, 0.1) is 23.5 Å². The van der Waals surface area contributed by atoms with Gasteiger partial charge in [-0.15, -0.1) is 0 Å². The Balaban J connectivity index is 1.32. The topological polar surface area (TPSA) is 56.2 Å². The summed E-state index contributed by atoms with van der Waals surface area (Å²) < 4.78 is 20.4. The highest BCUT2D eigenvalue weighted by Crippen LogP contribution is 2.25. The lowest BCUT2D eigenvalue weighted by Gasteiger charge is -2.09. The van der Waals surface area contributed by atoms with Gasteiger partial charge >= 0.3 is 0 Å². The maximum atomic E-state index is 13.1. The number of carbonyl (C=O) groups is 1. The minimum atomic E-state index is -0.311. The number of ether oxygens (including phenoxy) is 1. The maximum Gasteiger partial charge on any atom is 0.254 e. The molecule has 1 aliphatic rings. The van der Waals surface area contributed by atoms with E-state index in [0.29, 0.717) is 30.1 Å². The first-order chi connectivity index (χ1) is 13.6. The van der Waals surface area contributed by atoms with Crippen LogP contribution in [0.1, 0.15) is 33.6 Å². The summed E-state index contributed by atoms with van der Waals surface area (Å²) in [5.41, 5.74) is 4.58. The lowest BCUT2D eigenvalue weighted by atomic mass is 10.1. The van der Waals surface area contributed by atoms with Crippen LogP contribution in [0, 0.1) is 12.7 Å². The molecule has 0 atom stereocenters. The molecule has 0 saturated carbocycles. The Morgan fingerprint density at radius 3 is 2.79 bits per heavy atom. The van der Waals surface area contributed by atoms with E-state index < -0.39 is 0 Å². The third-order valence-corrected chi connectivity index (χ3v) is 4.96. The summed E-state index contributed by atoms with van der Waals surface area (Å²) >= 11 is 0. The van der Waals surface area contributed by atoms with Crippen molar-refractivity contribution in [3.05, 3.63) is 76.9 Å². The zero-order valence-corrected chi connectivity index (χ0v) is 15.7. The fourth-order valence-corrected chi connectivity index (χ4v) is 3.48. The van der Waals surface area contributed by atoms with E-state index in [1.807, 2.05) is 6.07 Å². The molecule has 0 bridgehead atoms. The van der Waals surface area contributed by atoms with Crippen molar-refractivity contribution in [2.24, 2.45) is 0 Å². The summed E-state index contributed by atoms with van der Waals surface area (Å²) in [6.07, 6.45) is 5.12. The van der Waals surface area contributed by atoms with Gasteiger partial charge in [0.25, 0.3) is 5.91 Å². The van der Waals surface area contributed by atoms with E-state index in [4.69, 9.17) is 4.74 Å². The van der Waals surface area contributed by atoms with E-state index in [0.717, 1.165) is 18.6 Å². The van der Waals surface area contributed by atoms with Gasteiger partial charge in [0.1, 0.15) is 18.2 Å². The van der Waals surface area contributed by atoms with Crippen LogP contribution >= 0.6 is 0 Å². The van der Waals surface area contributed by atoms with E-state index >= 15 is 0 Å². The number of amides is 1. The summed E-state index contributed by atoms with van der Waals surface area (Å²) in [5, 5.41) is 7.20. The highest BCUT2D eigenvalue weighted by Gasteiger charge is 2.14. The average Bonchev–Trinajstić information content (AvgIpc) is 3.31. The number of aryl methyl sites for hydroxylation is 3. The number of fused-ring (bicyclic) bond motifs is 1. The third kappa shape index (κ3) is 3.91. The Hall–Kier alpha value is -3.15. The van der Waals surface area contributed by atoms with Crippen LogP contribution in [0.5, 0.6) is 5.75 Å². The first-order valence-corrected chi connectivity index (χ1v) is 9.45. The average molecular weight is 379 g/mol. The Morgan fingerprint density at radius 2 is 1.96 bits per heavy atom. The van der Waals surface area contributed by atoms with Gasteiger partial charge < -0.3 is 10.1 Å². The van der Waals surface area contributed by atoms with Crippen LogP contribution in [0.15, 0.2) is 48.7 Å². The second-order valence-corrected chi connectivity index (χ2v) is 6.94. The van der Waals surface area contributed by atoms with Gasteiger partial charge in [0.15, 0.2) is 0 Å². The molecule has 1 heterocycles. The van der Waals surface area contributed by atoms with Crippen LogP contribution in [0.25, 0.3) is 5.69 Å². The van der Waals surface area contributed by atoms with Crippen molar-refractivity contribution in [3.8, 4) is 11.4 Å². The van der Waals surface area contributed by atoms with Crippen LogP contribution in [-0.4, -0.2) is 28.8 Å². The van der Waals surface area contributed by atoms with Crippen molar-refractivity contribution in [3.63, 3.8) is 0 Å². The quantitative estimate of drug-likeness (QED) is 0.666. The number of hydrogen-bond acceptors (Lipinski definition) is 3. The molecule has 0 unspecified atom stereocenters. The zero-order valence-electron chi connectivity index (χ0n) is 15.7. The van der Waals surface area contributed by atoms with E-state index in [1.165, 1.54) is 29.7 Å². The van der Waals surface area contributed by atoms with Crippen molar-refractivity contribution in [1.29, 1.82) is 0 Å². The van der Waals surface area contributed by atoms with Crippen LogP contribution < -0.4 is 10.1 Å². The molecule has 1 aliphatic carbocycles. The fourth-order valence-electron chi connectivity index (χ4n) is 3.48. The fraction of sp³-hybridized carbons (Fsp3) is 0.273. The molecule has 3 aromatic rings. The molecule has 0 fully saturated rings. The number of hydrogen-bond donors (Lipinski definition) is 1. The normalized spacial score (nSPS) is 12.6. The molecule has 5 nitrogen and oxygen atoms in total. The molecule has 1 aromatic heterocycles. The predicted molar refractivity (Wildman–Crippen MR) is 105 cm³/mol. The zero-order chi connectivity index (χ0) is 19.5. The summed E-state index contributed by atoms with van der Waals surface area (Å²) in [6, 6.07) is 12.2. The maximum absolute atomic E-state index is 13.1. The Labute approximate surface area is 163 Å². The second-order valence-electron chi connectivity index (χ2n) is 6.94. The molecule has 6 heteroatoms. The van der Waals surface area contributed by atoms with Crippen molar-refractivity contribution < 1.29 is 13.9 Å². The number of nitrogens with one attached hydrogen (secondary N) is 1. The molecule has 0 saturated heterocycles. The number of rotatable bonds is 6. The highest BCUT2D eigenvalue weighted by molar-refractivity contribution is 5.95. The summed E-state index contributed by atoms with van der Waals surface area (Å²) in [7, 11) is 0. The van der Waals surface area contributed by atoms with Gasteiger partial charge in [0, 0.05) is 6.20 Å². The molecule has 2 aromatic carbocycles. The molecule has 144 valence electrons. The van der Waals surface area contributed by atoms with E-state index in [-0.39, 0.29) is 11.7 Å². The van der Waals surface area contributed by atoms with Crippen LogP contribution in [0.4, 0.5) is 4.39 Å². The molecule has 0 radical (unpaired) electrons. The molecule has 0 spiro atoms. The monoisotopic (exact) mass is 379 g/mol. The first kappa shape index (κ1) is 18.2. The molecule has 28 heavy (non-hydrogen) atoms. The minimum Gasteiger partial charge on any atom is -0.492 e. The Morgan fingerprint density at radius 1 is 1.18 bits per heavy atom. The molecule has 0 aliphatic heterocycles. The third-order valence-electron chi connectivity index (χ3n) is 4.96. The lowest BCUT2D eigenvalue weighted by molar-refractivity contribution is 0.0946.